The molecule has 0 spiro atoms. The summed E-state index contributed by atoms with van der Waals surface area (Å²) in [4.78, 5) is 4.33. The second kappa shape index (κ2) is 7.12. The first-order chi connectivity index (χ1) is 9.28. The number of ether oxygens (including phenoxy) is 1. The molecule has 0 unspecified atom stereocenters. The monoisotopic (exact) mass is 276 g/mol. The zero-order valence-electron chi connectivity index (χ0n) is 10.9. The van der Waals surface area contributed by atoms with Gasteiger partial charge in [-0.05, 0) is 36.4 Å². The lowest BCUT2D eigenvalue weighted by atomic mass is 10.2. The number of halogens is 1. The zero-order chi connectivity index (χ0) is 13.5. The quantitative estimate of drug-likeness (QED) is 0.878. The Labute approximate surface area is 118 Å². The van der Waals surface area contributed by atoms with E-state index in [9.17, 15) is 0 Å². The van der Waals surface area contributed by atoms with E-state index in [1.54, 1.807) is 6.20 Å². The number of rotatable bonds is 6. The van der Waals surface area contributed by atoms with Crippen LogP contribution in [0.5, 0.6) is 5.75 Å². The summed E-state index contributed by atoms with van der Waals surface area (Å²) in [7, 11) is 0. The molecule has 0 bridgehead atoms. The van der Waals surface area contributed by atoms with Gasteiger partial charge in [0, 0.05) is 11.6 Å². The summed E-state index contributed by atoms with van der Waals surface area (Å²) in [5.41, 5.74) is 2.06. The van der Waals surface area contributed by atoms with Crippen LogP contribution in [0.2, 0.25) is 5.02 Å². The van der Waals surface area contributed by atoms with Crippen molar-refractivity contribution in [3.8, 4) is 5.75 Å². The highest BCUT2D eigenvalue weighted by Crippen LogP contribution is 2.14. The molecule has 100 valence electrons. The van der Waals surface area contributed by atoms with Crippen LogP contribution in [0.25, 0.3) is 0 Å². The fourth-order valence-corrected chi connectivity index (χ4v) is 1.86. The summed E-state index contributed by atoms with van der Waals surface area (Å²) in [6.45, 7) is 4.29. The highest BCUT2D eigenvalue weighted by Gasteiger charge is 1.99. The maximum Gasteiger partial charge on any atom is 0.138 e. The van der Waals surface area contributed by atoms with Crippen molar-refractivity contribution in [2.24, 2.45) is 0 Å². The predicted molar refractivity (Wildman–Crippen MR) is 77.4 cm³/mol. The molecule has 2 rings (SSSR count). The van der Waals surface area contributed by atoms with E-state index in [1.807, 2.05) is 36.4 Å². The fourth-order valence-electron chi connectivity index (χ4n) is 1.65. The number of aromatic nitrogens is 1. The van der Waals surface area contributed by atoms with Gasteiger partial charge in [0.2, 0.25) is 0 Å². The Morgan fingerprint density at radius 1 is 1.26 bits per heavy atom. The van der Waals surface area contributed by atoms with E-state index < -0.39 is 0 Å². The van der Waals surface area contributed by atoms with Crippen LogP contribution < -0.4 is 10.1 Å². The van der Waals surface area contributed by atoms with Crippen LogP contribution in [-0.2, 0) is 13.2 Å². The highest BCUT2D eigenvalue weighted by atomic mass is 35.5. The molecule has 0 radical (unpaired) electrons. The first-order valence-electron chi connectivity index (χ1n) is 6.31. The van der Waals surface area contributed by atoms with Crippen molar-refractivity contribution < 1.29 is 4.74 Å². The van der Waals surface area contributed by atoms with Gasteiger partial charge in [-0.25, -0.2) is 0 Å². The van der Waals surface area contributed by atoms with E-state index in [1.165, 1.54) is 0 Å². The molecular formula is C15H17ClN2O. The third-order valence-electron chi connectivity index (χ3n) is 2.65. The molecule has 0 aliphatic heterocycles. The molecule has 0 aliphatic rings. The van der Waals surface area contributed by atoms with Gasteiger partial charge in [0.15, 0.2) is 0 Å². The van der Waals surface area contributed by atoms with Crippen molar-refractivity contribution in [2.75, 3.05) is 6.54 Å². The van der Waals surface area contributed by atoms with Gasteiger partial charge >= 0.3 is 0 Å². The van der Waals surface area contributed by atoms with Crippen LogP contribution in [0.15, 0.2) is 42.6 Å². The summed E-state index contributed by atoms with van der Waals surface area (Å²) in [5.74, 6) is 0.764. The molecule has 0 aliphatic carbocycles. The minimum Gasteiger partial charge on any atom is -0.487 e. The van der Waals surface area contributed by atoms with Gasteiger partial charge in [-0.1, -0.05) is 30.7 Å². The van der Waals surface area contributed by atoms with Crippen molar-refractivity contribution in [2.45, 2.75) is 20.1 Å². The van der Waals surface area contributed by atoms with Crippen molar-refractivity contribution in [1.29, 1.82) is 0 Å². The second-order valence-corrected chi connectivity index (χ2v) is 4.62. The Morgan fingerprint density at radius 3 is 2.84 bits per heavy atom. The maximum absolute atomic E-state index is 5.92. The van der Waals surface area contributed by atoms with E-state index in [0.29, 0.717) is 6.61 Å². The molecule has 0 atom stereocenters. The molecular weight excluding hydrogens is 260 g/mol. The highest BCUT2D eigenvalue weighted by molar-refractivity contribution is 6.30. The number of hydrogen-bond acceptors (Lipinski definition) is 3. The number of pyridine rings is 1. The second-order valence-electron chi connectivity index (χ2n) is 4.18. The maximum atomic E-state index is 5.92. The number of benzene rings is 1. The number of hydrogen-bond donors (Lipinski definition) is 1. The average Bonchev–Trinajstić information content (AvgIpc) is 2.44. The van der Waals surface area contributed by atoms with E-state index in [0.717, 1.165) is 35.1 Å². The topological polar surface area (TPSA) is 34.1 Å². The third-order valence-corrected chi connectivity index (χ3v) is 2.88. The van der Waals surface area contributed by atoms with Gasteiger partial charge in [-0.2, -0.15) is 0 Å². The molecule has 1 N–H and O–H groups in total. The Hall–Kier alpha value is -1.58. The zero-order valence-corrected chi connectivity index (χ0v) is 11.7. The number of nitrogens with zero attached hydrogens (tertiary/aromatic N) is 1. The first kappa shape index (κ1) is 13.8. The molecule has 0 saturated carbocycles. The average molecular weight is 277 g/mol. The Kier molecular flexibility index (Phi) is 5.19. The van der Waals surface area contributed by atoms with Crippen molar-refractivity contribution in [1.82, 2.24) is 10.3 Å². The van der Waals surface area contributed by atoms with E-state index >= 15 is 0 Å². The standard InChI is InChI=1S/C15H17ClN2O/c1-2-17-9-14-6-7-15(10-18-14)19-11-12-4-3-5-13(16)8-12/h3-8,10,17H,2,9,11H2,1H3. The molecule has 0 amide bonds. The van der Waals surface area contributed by atoms with E-state index in [2.05, 4.69) is 17.2 Å². The molecule has 1 aromatic heterocycles. The molecule has 0 saturated heterocycles. The Morgan fingerprint density at radius 2 is 2.16 bits per heavy atom. The smallest absolute Gasteiger partial charge is 0.138 e. The van der Waals surface area contributed by atoms with Crippen LogP contribution in [0.4, 0.5) is 0 Å². The van der Waals surface area contributed by atoms with Gasteiger partial charge in [-0.15, -0.1) is 0 Å². The minimum absolute atomic E-state index is 0.495. The SMILES string of the molecule is CCNCc1ccc(OCc2cccc(Cl)c2)cn1. The molecule has 3 nitrogen and oxygen atoms in total. The first-order valence-corrected chi connectivity index (χ1v) is 6.68. The van der Waals surface area contributed by atoms with E-state index in [-0.39, 0.29) is 0 Å². The predicted octanol–water partition coefficient (Wildman–Crippen LogP) is 3.42. The summed E-state index contributed by atoms with van der Waals surface area (Å²) in [6.07, 6.45) is 1.75. The molecule has 4 heteroatoms. The Balaban J connectivity index is 1.89. The normalized spacial score (nSPS) is 10.4. The number of nitrogens with one attached hydrogen (secondary N) is 1. The van der Waals surface area contributed by atoms with Crippen LogP contribution in [0, 0.1) is 0 Å². The summed E-state index contributed by atoms with van der Waals surface area (Å²) < 4.78 is 5.66. The van der Waals surface area contributed by atoms with Gasteiger partial charge in [0.05, 0.1) is 11.9 Å². The minimum atomic E-state index is 0.495. The summed E-state index contributed by atoms with van der Waals surface area (Å²) in [5, 5.41) is 3.95. The van der Waals surface area contributed by atoms with Gasteiger partial charge in [0.25, 0.3) is 0 Å². The molecule has 1 aromatic carbocycles. The molecule has 19 heavy (non-hydrogen) atoms. The van der Waals surface area contributed by atoms with Gasteiger partial charge in [0.1, 0.15) is 12.4 Å². The third kappa shape index (κ3) is 4.54. The van der Waals surface area contributed by atoms with E-state index in [4.69, 9.17) is 16.3 Å². The summed E-state index contributed by atoms with van der Waals surface area (Å²) >= 11 is 5.92. The lowest BCUT2D eigenvalue weighted by Crippen LogP contribution is -2.12. The fraction of sp³-hybridized carbons (Fsp3) is 0.267. The largest absolute Gasteiger partial charge is 0.487 e. The van der Waals surface area contributed by atoms with Crippen molar-refractivity contribution in [3.63, 3.8) is 0 Å². The molecule has 0 fully saturated rings. The van der Waals surface area contributed by atoms with Gasteiger partial charge < -0.3 is 10.1 Å². The molecule has 2 aromatic rings. The summed E-state index contributed by atoms with van der Waals surface area (Å²) in [6, 6.07) is 11.6. The van der Waals surface area contributed by atoms with Crippen molar-refractivity contribution >= 4 is 11.6 Å². The molecule has 1 heterocycles. The van der Waals surface area contributed by atoms with Crippen molar-refractivity contribution in [3.05, 3.63) is 58.9 Å². The van der Waals surface area contributed by atoms with Crippen LogP contribution in [0.3, 0.4) is 0 Å². The Bertz CT molecular complexity index is 514. The van der Waals surface area contributed by atoms with Crippen LogP contribution in [0.1, 0.15) is 18.2 Å². The lowest BCUT2D eigenvalue weighted by Gasteiger charge is -2.07. The van der Waals surface area contributed by atoms with Crippen LogP contribution in [-0.4, -0.2) is 11.5 Å². The van der Waals surface area contributed by atoms with Crippen LogP contribution >= 0.6 is 11.6 Å². The van der Waals surface area contributed by atoms with Gasteiger partial charge in [-0.3, -0.25) is 4.98 Å². The lowest BCUT2D eigenvalue weighted by molar-refractivity contribution is 0.305.